The Balaban J connectivity index is 1.27. The van der Waals surface area contributed by atoms with E-state index in [0.29, 0.717) is 6.54 Å². The maximum Gasteiger partial charge on any atom is 0.242 e. The molecule has 10 nitrogen and oxygen atoms in total. The van der Waals surface area contributed by atoms with E-state index in [4.69, 9.17) is 4.74 Å². The van der Waals surface area contributed by atoms with Crippen LogP contribution in [0.1, 0.15) is 6.92 Å². The van der Waals surface area contributed by atoms with Crippen molar-refractivity contribution >= 4 is 17.3 Å². The van der Waals surface area contributed by atoms with Gasteiger partial charge in [-0.15, -0.1) is 0 Å². The molecule has 32 heavy (non-hydrogen) atoms. The van der Waals surface area contributed by atoms with E-state index in [9.17, 15) is 4.79 Å². The van der Waals surface area contributed by atoms with Gasteiger partial charge in [0.15, 0.2) is 0 Å². The second-order valence-corrected chi connectivity index (χ2v) is 8.98. The van der Waals surface area contributed by atoms with Gasteiger partial charge in [0, 0.05) is 63.2 Å². The zero-order valence-electron chi connectivity index (χ0n) is 18.8. The number of carbonyl (C=O) groups is 1. The molecule has 1 amide bonds. The first kappa shape index (κ1) is 21.9. The van der Waals surface area contributed by atoms with Crippen LogP contribution >= 0.6 is 0 Å². The predicted octanol–water partition coefficient (Wildman–Crippen LogP) is -1.01. The van der Waals surface area contributed by atoms with Gasteiger partial charge in [-0.1, -0.05) is 6.92 Å². The number of hydrazine groups is 1. The predicted molar refractivity (Wildman–Crippen MR) is 124 cm³/mol. The number of nitrogens with one attached hydrogen (secondary N) is 5. The number of benzene rings is 1. The van der Waals surface area contributed by atoms with Crippen molar-refractivity contribution in [3.63, 3.8) is 0 Å². The minimum Gasteiger partial charge on any atom is -0.379 e. The second-order valence-electron chi connectivity index (χ2n) is 8.98. The van der Waals surface area contributed by atoms with E-state index in [-0.39, 0.29) is 30.3 Å². The smallest absolute Gasteiger partial charge is 0.242 e. The van der Waals surface area contributed by atoms with Crippen LogP contribution in [0.25, 0.3) is 0 Å². The lowest BCUT2D eigenvalue weighted by molar-refractivity contribution is -0.133. The molecule has 4 aliphatic heterocycles. The zero-order valence-corrected chi connectivity index (χ0v) is 18.8. The van der Waals surface area contributed by atoms with Crippen LogP contribution in [0.3, 0.4) is 0 Å². The Morgan fingerprint density at radius 2 is 1.78 bits per heavy atom. The lowest BCUT2D eigenvalue weighted by Crippen LogP contribution is -2.77. The van der Waals surface area contributed by atoms with Gasteiger partial charge in [0.1, 0.15) is 6.29 Å². The van der Waals surface area contributed by atoms with E-state index >= 15 is 0 Å². The van der Waals surface area contributed by atoms with Crippen molar-refractivity contribution in [2.75, 3.05) is 75.8 Å². The molecule has 5 N–H and O–H groups in total. The fourth-order valence-electron chi connectivity index (χ4n) is 5.16. The highest BCUT2D eigenvalue weighted by molar-refractivity contribution is 5.81. The van der Waals surface area contributed by atoms with Crippen LogP contribution < -0.4 is 31.7 Å². The van der Waals surface area contributed by atoms with Crippen molar-refractivity contribution in [1.82, 2.24) is 31.3 Å². The van der Waals surface area contributed by atoms with Gasteiger partial charge in [-0.2, -0.15) is 0 Å². The first-order valence-electron chi connectivity index (χ1n) is 11.9. The molecule has 10 heteroatoms. The molecule has 4 aliphatic rings. The topological polar surface area (TPSA) is 96.2 Å². The summed E-state index contributed by atoms with van der Waals surface area (Å²) < 4.78 is 5.51. The number of piperazine rings is 1. The SMILES string of the molecule is CCN1CCN(c2ccc(NC3NC(N4CCOCC4)NC4CNNC(=O)C43)cc2)CC1. The van der Waals surface area contributed by atoms with Crippen molar-refractivity contribution < 1.29 is 9.53 Å². The molecule has 4 atom stereocenters. The van der Waals surface area contributed by atoms with E-state index in [1.807, 2.05) is 0 Å². The first-order chi connectivity index (χ1) is 15.7. The summed E-state index contributed by atoms with van der Waals surface area (Å²) in [6.45, 7) is 11.6. The highest BCUT2D eigenvalue weighted by Gasteiger charge is 2.45. The largest absolute Gasteiger partial charge is 0.379 e. The molecular weight excluding hydrogens is 408 g/mol. The summed E-state index contributed by atoms with van der Waals surface area (Å²) in [4.78, 5) is 20.0. The molecule has 0 radical (unpaired) electrons. The number of anilines is 2. The fourth-order valence-corrected chi connectivity index (χ4v) is 5.16. The molecule has 1 aromatic rings. The van der Waals surface area contributed by atoms with E-state index in [0.717, 1.165) is 64.7 Å². The van der Waals surface area contributed by atoms with Gasteiger partial charge in [-0.3, -0.25) is 25.8 Å². The average Bonchev–Trinajstić information content (AvgIpc) is 2.85. The van der Waals surface area contributed by atoms with Gasteiger partial charge in [-0.05, 0) is 30.8 Å². The highest BCUT2D eigenvalue weighted by Crippen LogP contribution is 2.24. The number of amides is 1. The van der Waals surface area contributed by atoms with E-state index < -0.39 is 0 Å². The summed E-state index contributed by atoms with van der Waals surface area (Å²) in [6.07, 6.45) is -0.172. The molecule has 0 saturated carbocycles. The Morgan fingerprint density at radius 1 is 1.03 bits per heavy atom. The quantitative estimate of drug-likeness (QED) is 0.392. The summed E-state index contributed by atoms with van der Waals surface area (Å²) in [5.41, 5.74) is 8.10. The van der Waals surface area contributed by atoms with Crippen molar-refractivity contribution in [2.24, 2.45) is 5.92 Å². The minimum atomic E-state index is -0.213. The van der Waals surface area contributed by atoms with Gasteiger partial charge in [0.05, 0.1) is 25.3 Å². The van der Waals surface area contributed by atoms with Gasteiger partial charge in [0.2, 0.25) is 5.91 Å². The molecule has 0 spiro atoms. The summed E-state index contributed by atoms with van der Waals surface area (Å²) in [5.74, 6) is -0.208. The molecule has 0 bridgehead atoms. The fraction of sp³-hybridized carbons (Fsp3) is 0.682. The number of carbonyl (C=O) groups excluding carboxylic acids is 1. The second kappa shape index (κ2) is 9.90. The highest BCUT2D eigenvalue weighted by atomic mass is 16.5. The number of hydrogen-bond acceptors (Lipinski definition) is 9. The molecule has 5 rings (SSSR count). The third-order valence-corrected chi connectivity index (χ3v) is 7.12. The van der Waals surface area contributed by atoms with Crippen LogP contribution in [0, 0.1) is 5.92 Å². The Morgan fingerprint density at radius 3 is 2.50 bits per heavy atom. The number of morpholine rings is 1. The minimum absolute atomic E-state index is 0.000477. The van der Waals surface area contributed by atoms with Crippen LogP contribution in [0.5, 0.6) is 0 Å². The third kappa shape index (κ3) is 4.70. The van der Waals surface area contributed by atoms with Crippen LogP contribution in [0.2, 0.25) is 0 Å². The van der Waals surface area contributed by atoms with E-state index in [1.54, 1.807) is 0 Å². The third-order valence-electron chi connectivity index (χ3n) is 7.12. The lowest BCUT2D eigenvalue weighted by Gasteiger charge is -2.49. The Kier molecular flexibility index (Phi) is 6.77. The van der Waals surface area contributed by atoms with Crippen molar-refractivity contribution in [3.8, 4) is 0 Å². The van der Waals surface area contributed by atoms with Crippen LogP contribution in [0.4, 0.5) is 11.4 Å². The summed E-state index contributed by atoms with van der Waals surface area (Å²) in [5, 5.41) is 10.9. The standard InChI is InChI=1S/C22H36N8O2/c1-2-28-7-9-29(10-8-28)17-5-3-16(4-6-17)24-20-19-18(15-23-27-21(19)31)25-22(26-20)30-11-13-32-14-12-30/h3-6,18-20,22-26H,2,7-15H2,1H3,(H,27,31). The number of likely N-dealkylation sites (N-methyl/N-ethyl adjacent to an activating group) is 1. The van der Waals surface area contributed by atoms with E-state index in [1.165, 1.54) is 5.69 Å². The number of rotatable bonds is 5. The lowest BCUT2D eigenvalue weighted by atomic mass is 9.91. The number of ether oxygens (including phenoxy) is 1. The molecule has 4 unspecified atom stereocenters. The van der Waals surface area contributed by atoms with Crippen molar-refractivity contribution in [1.29, 1.82) is 0 Å². The van der Waals surface area contributed by atoms with Gasteiger partial charge < -0.3 is 19.9 Å². The Bertz CT molecular complexity index is 764. The van der Waals surface area contributed by atoms with Crippen molar-refractivity contribution in [2.45, 2.75) is 25.4 Å². The molecule has 1 aromatic carbocycles. The van der Waals surface area contributed by atoms with Gasteiger partial charge >= 0.3 is 0 Å². The number of fused-ring (bicyclic) bond motifs is 1. The summed E-state index contributed by atoms with van der Waals surface area (Å²) >= 11 is 0. The molecule has 176 valence electrons. The van der Waals surface area contributed by atoms with E-state index in [2.05, 4.69) is 72.7 Å². The molecule has 4 saturated heterocycles. The number of hydrogen-bond donors (Lipinski definition) is 5. The van der Waals surface area contributed by atoms with Gasteiger partial charge in [-0.25, -0.2) is 5.43 Å². The maximum absolute atomic E-state index is 12.7. The summed E-state index contributed by atoms with van der Waals surface area (Å²) in [6, 6.07) is 8.67. The van der Waals surface area contributed by atoms with Crippen LogP contribution in [-0.4, -0.2) is 99.8 Å². The molecular formula is C22H36N8O2. The zero-order chi connectivity index (χ0) is 21.9. The Labute approximate surface area is 190 Å². The maximum atomic E-state index is 12.7. The molecule has 4 fully saturated rings. The van der Waals surface area contributed by atoms with Crippen molar-refractivity contribution in [3.05, 3.63) is 24.3 Å². The summed E-state index contributed by atoms with van der Waals surface area (Å²) in [7, 11) is 0. The average molecular weight is 445 g/mol. The van der Waals surface area contributed by atoms with Crippen LogP contribution in [0.15, 0.2) is 24.3 Å². The number of nitrogens with zero attached hydrogens (tertiary/aromatic N) is 3. The normalized spacial score (nSPS) is 32.3. The monoisotopic (exact) mass is 444 g/mol. The van der Waals surface area contributed by atoms with Gasteiger partial charge in [0.25, 0.3) is 0 Å². The molecule has 0 aliphatic carbocycles. The first-order valence-corrected chi connectivity index (χ1v) is 11.9. The van der Waals surface area contributed by atoms with Crippen LogP contribution in [-0.2, 0) is 9.53 Å². The Hall–Kier alpha value is -1.95. The molecule has 4 heterocycles. The molecule has 0 aromatic heterocycles.